The molecule has 1 heterocycles. The van der Waals surface area contributed by atoms with Crippen LogP contribution in [-0.2, 0) is 6.54 Å². The molecule has 4 nitrogen and oxygen atoms in total. The van der Waals surface area contributed by atoms with E-state index >= 15 is 0 Å². The molecule has 0 aliphatic carbocycles. The molecule has 0 amide bonds. The van der Waals surface area contributed by atoms with Gasteiger partial charge in [-0.2, -0.15) is 0 Å². The van der Waals surface area contributed by atoms with Crippen molar-refractivity contribution in [3.05, 3.63) is 35.9 Å². The number of fused-ring (bicyclic) bond motifs is 1. The molecule has 1 atom stereocenters. The molecule has 0 radical (unpaired) electrons. The van der Waals surface area contributed by atoms with E-state index < -0.39 is 0 Å². The number of likely N-dealkylation sites (N-methyl/N-ethyl adjacent to an activating group) is 1. The second-order valence-corrected chi connectivity index (χ2v) is 4.89. The quantitative estimate of drug-likeness (QED) is 0.863. The zero-order chi connectivity index (χ0) is 13.8. The molecule has 1 aromatic carbocycles. The van der Waals surface area contributed by atoms with Gasteiger partial charge in [-0.15, -0.1) is 0 Å². The zero-order valence-corrected chi connectivity index (χ0v) is 11.7. The normalized spacial score (nSPS) is 12.9. The number of aliphatic hydroxyl groups is 1. The Kier molecular flexibility index (Phi) is 4.35. The molecule has 0 saturated heterocycles. The standard InChI is InChI=1S/C15H21N3O/c1-11(10-19)18(3)9-13-8-12-6-4-5-7-14(12)17-15(13)16-2/h4-8,11,19H,9-10H2,1-3H3,(H,16,17). The van der Waals surface area contributed by atoms with E-state index in [9.17, 15) is 5.11 Å². The van der Waals surface area contributed by atoms with Crippen molar-refractivity contribution in [1.82, 2.24) is 9.88 Å². The third kappa shape index (κ3) is 3.03. The van der Waals surface area contributed by atoms with Crippen molar-refractivity contribution >= 4 is 16.7 Å². The highest BCUT2D eigenvalue weighted by atomic mass is 16.3. The summed E-state index contributed by atoms with van der Waals surface area (Å²) in [6, 6.07) is 10.4. The Bertz CT molecular complexity index is 556. The minimum absolute atomic E-state index is 0.135. The van der Waals surface area contributed by atoms with Gasteiger partial charge < -0.3 is 10.4 Å². The summed E-state index contributed by atoms with van der Waals surface area (Å²) < 4.78 is 0. The molecule has 0 aliphatic rings. The SMILES string of the molecule is CNc1nc2ccccc2cc1CN(C)C(C)CO. The van der Waals surface area contributed by atoms with Gasteiger partial charge in [-0.25, -0.2) is 4.98 Å². The lowest BCUT2D eigenvalue weighted by Gasteiger charge is -2.24. The average molecular weight is 259 g/mol. The van der Waals surface area contributed by atoms with Crippen LogP contribution in [0.15, 0.2) is 30.3 Å². The van der Waals surface area contributed by atoms with Gasteiger partial charge in [0.05, 0.1) is 12.1 Å². The average Bonchev–Trinajstić information content (AvgIpc) is 2.45. The fraction of sp³-hybridized carbons (Fsp3) is 0.400. The van der Waals surface area contributed by atoms with Crippen LogP contribution in [0.1, 0.15) is 12.5 Å². The highest BCUT2D eigenvalue weighted by Crippen LogP contribution is 2.21. The number of rotatable bonds is 5. The van der Waals surface area contributed by atoms with Crippen LogP contribution in [0.5, 0.6) is 0 Å². The number of para-hydroxylation sites is 1. The van der Waals surface area contributed by atoms with Crippen molar-refractivity contribution in [2.45, 2.75) is 19.5 Å². The summed E-state index contributed by atoms with van der Waals surface area (Å²) in [7, 11) is 3.89. The second-order valence-electron chi connectivity index (χ2n) is 4.89. The molecule has 4 heteroatoms. The first-order chi connectivity index (χ1) is 9.15. The number of pyridine rings is 1. The summed E-state index contributed by atoms with van der Waals surface area (Å²) in [5, 5.41) is 13.5. The largest absolute Gasteiger partial charge is 0.395 e. The van der Waals surface area contributed by atoms with Crippen LogP contribution in [0.2, 0.25) is 0 Å². The van der Waals surface area contributed by atoms with Crippen LogP contribution >= 0.6 is 0 Å². The van der Waals surface area contributed by atoms with E-state index in [0.717, 1.165) is 28.8 Å². The Morgan fingerprint density at radius 3 is 2.79 bits per heavy atom. The van der Waals surface area contributed by atoms with E-state index in [2.05, 4.69) is 27.3 Å². The van der Waals surface area contributed by atoms with Crippen molar-refractivity contribution < 1.29 is 5.11 Å². The van der Waals surface area contributed by atoms with E-state index in [-0.39, 0.29) is 12.6 Å². The Morgan fingerprint density at radius 2 is 2.11 bits per heavy atom. The van der Waals surface area contributed by atoms with Crippen LogP contribution in [0, 0.1) is 0 Å². The number of hydrogen-bond donors (Lipinski definition) is 2. The summed E-state index contributed by atoms with van der Waals surface area (Å²) in [5.41, 5.74) is 2.14. The Morgan fingerprint density at radius 1 is 1.37 bits per heavy atom. The second kappa shape index (κ2) is 5.99. The molecule has 0 spiro atoms. The topological polar surface area (TPSA) is 48.4 Å². The monoisotopic (exact) mass is 259 g/mol. The number of aromatic nitrogens is 1. The first-order valence-corrected chi connectivity index (χ1v) is 6.53. The van der Waals surface area contributed by atoms with Gasteiger partial charge in [-0.1, -0.05) is 18.2 Å². The molecule has 19 heavy (non-hydrogen) atoms. The van der Waals surface area contributed by atoms with Crippen LogP contribution in [-0.4, -0.2) is 41.7 Å². The number of aliphatic hydroxyl groups excluding tert-OH is 1. The van der Waals surface area contributed by atoms with E-state index in [0.29, 0.717) is 0 Å². The minimum atomic E-state index is 0.135. The lowest BCUT2D eigenvalue weighted by atomic mass is 10.1. The van der Waals surface area contributed by atoms with Crippen molar-refractivity contribution in [1.29, 1.82) is 0 Å². The van der Waals surface area contributed by atoms with Crippen LogP contribution < -0.4 is 5.32 Å². The van der Waals surface area contributed by atoms with Gasteiger partial charge in [-0.3, -0.25) is 4.90 Å². The lowest BCUT2D eigenvalue weighted by molar-refractivity contribution is 0.154. The summed E-state index contributed by atoms with van der Waals surface area (Å²) in [4.78, 5) is 6.75. The van der Waals surface area contributed by atoms with Crippen molar-refractivity contribution in [2.24, 2.45) is 0 Å². The molecule has 2 N–H and O–H groups in total. The molecule has 0 aliphatic heterocycles. The van der Waals surface area contributed by atoms with Gasteiger partial charge in [0.1, 0.15) is 5.82 Å². The number of hydrogen-bond acceptors (Lipinski definition) is 4. The van der Waals surface area contributed by atoms with Gasteiger partial charge in [0.15, 0.2) is 0 Å². The van der Waals surface area contributed by atoms with Gasteiger partial charge in [0.25, 0.3) is 0 Å². The summed E-state index contributed by atoms with van der Waals surface area (Å²) in [6.45, 7) is 2.93. The van der Waals surface area contributed by atoms with Crippen molar-refractivity contribution in [3.8, 4) is 0 Å². The van der Waals surface area contributed by atoms with E-state index in [1.54, 1.807) is 0 Å². The smallest absolute Gasteiger partial charge is 0.130 e. The summed E-state index contributed by atoms with van der Waals surface area (Å²) >= 11 is 0. The molecule has 2 aromatic rings. The molecule has 0 bridgehead atoms. The predicted octanol–water partition coefficient (Wildman–Crippen LogP) is 2.09. The molecule has 2 rings (SSSR count). The molecule has 1 unspecified atom stereocenters. The lowest BCUT2D eigenvalue weighted by Crippen LogP contribution is -2.31. The molecular weight excluding hydrogens is 238 g/mol. The molecular formula is C15H21N3O. The number of nitrogens with one attached hydrogen (secondary N) is 1. The molecule has 0 saturated carbocycles. The Hall–Kier alpha value is -1.65. The highest BCUT2D eigenvalue weighted by molar-refractivity contribution is 5.81. The fourth-order valence-electron chi connectivity index (χ4n) is 2.06. The number of anilines is 1. The maximum Gasteiger partial charge on any atom is 0.130 e. The summed E-state index contributed by atoms with van der Waals surface area (Å²) in [5.74, 6) is 0.899. The Labute approximate surface area is 114 Å². The van der Waals surface area contributed by atoms with Gasteiger partial charge in [0, 0.05) is 30.6 Å². The third-order valence-electron chi connectivity index (χ3n) is 3.48. The van der Waals surface area contributed by atoms with Crippen LogP contribution in [0.25, 0.3) is 10.9 Å². The maximum absolute atomic E-state index is 9.21. The van der Waals surface area contributed by atoms with Crippen molar-refractivity contribution in [2.75, 3.05) is 26.0 Å². The van der Waals surface area contributed by atoms with Crippen LogP contribution in [0.4, 0.5) is 5.82 Å². The van der Waals surface area contributed by atoms with Gasteiger partial charge in [0.2, 0.25) is 0 Å². The molecule has 1 aromatic heterocycles. The van der Waals surface area contributed by atoms with E-state index in [1.807, 2.05) is 39.2 Å². The Balaban J connectivity index is 2.35. The molecule has 0 fully saturated rings. The number of benzene rings is 1. The predicted molar refractivity (Wildman–Crippen MR) is 79.3 cm³/mol. The van der Waals surface area contributed by atoms with E-state index in [1.165, 1.54) is 0 Å². The third-order valence-corrected chi connectivity index (χ3v) is 3.48. The summed E-state index contributed by atoms with van der Waals surface area (Å²) in [6.07, 6.45) is 0. The highest BCUT2D eigenvalue weighted by Gasteiger charge is 2.12. The first kappa shape index (κ1) is 13.8. The zero-order valence-electron chi connectivity index (χ0n) is 11.7. The van der Waals surface area contributed by atoms with Crippen LogP contribution in [0.3, 0.4) is 0 Å². The first-order valence-electron chi connectivity index (χ1n) is 6.53. The van der Waals surface area contributed by atoms with Gasteiger partial charge >= 0.3 is 0 Å². The van der Waals surface area contributed by atoms with Gasteiger partial charge in [-0.05, 0) is 26.1 Å². The van der Waals surface area contributed by atoms with Crippen molar-refractivity contribution in [3.63, 3.8) is 0 Å². The molecule has 102 valence electrons. The number of nitrogens with zero attached hydrogens (tertiary/aromatic N) is 2. The maximum atomic E-state index is 9.21. The van der Waals surface area contributed by atoms with E-state index in [4.69, 9.17) is 0 Å². The fourth-order valence-corrected chi connectivity index (χ4v) is 2.06. The minimum Gasteiger partial charge on any atom is -0.395 e.